The molecule has 0 saturated carbocycles. The summed E-state index contributed by atoms with van der Waals surface area (Å²) in [5.74, 6) is 3.02. The summed E-state index contributed by atoms with van der Waals surface area (Å²) in [4.78, 5) is 0. The molecule has 5 heteroatoms. The van der Waals surface area contributed by atoms with E-state index in [1.165, 1.54) is 0 Å². The third-order valence-corrected chi connectivity index (χ3v) is 4.06. The Morgan fingerprint density at radius 1 is 0.808 bits per heavy atom. The minimum atomic E-state index is -0.0496. The van der Waals surface area contributed by atoms with Crippen LogP contribution in [-0.4, -0.2) is 27.4 Å². The molecule has 0 spiro atoms. The van der Waals surface area contributed by atoms with Gasteiger partial charge in [-0.25, -0.2) is 0 Å². The molecule has 26 heavy (non-hydrogen) atoms. The van der Waals surface area contributed by atoms with Crippen LogP contribution >= 0.6 is 0 Å². The second kappa shape index (κ2) is 8.81. The highest BCUT2D eigenvalue weighted by Gasteiger charge is 2.20. The maximum Gasteiger partial charge on any atom is 0.161 e. The van der Waals surface area contributed by atoms with E-state index >= 15 is 0 Å². The van der Waals surface area contributed by atoms with Crippen LogP contribution in [0.2, 0.25) is 0 Å². The van der Waals surface area contributed by atoms with Gasteiger partial charge in [-0.05, 0) is 41.3 Å². The van der Waals surface area contributed by atoms with E-state index < -0.39 is 0 Å². The molecule has 0 aliphatic heterocycles. The molecule has 2 rings (SSSR count). The second-order valence-electron chi connectivity index (χ2n) is 7.00. The van der Waals surface area contributed by atoms with E-state index in [1.807, 2.05) is 36.4 Å². The van der Waals surface area contributed by atoms with E-state index in [0.29, 0.717) is 31.3 Å². The molecule has 5 nitrogen and oxygen atoms in total. The zero-order valence-corrected chi connectivity index (χ0v) is 16.3. The fourth-order valence-corrected chi connectivity index (χ4v) is 2.61. The molecule has 0 fully saturated rings. The van der Waals surface area contributed by atoms with Crippen molar-refractivity contribution in [2.75, 3.05) is 27.4 Å². The number of hydrogen-bond acceptors (Lipinski definition) is 5. The van der Waals surface area contributed by atoms with Gasteiger partial charge >= 0.3 is 0 Å². The standard InChI is InChI=1S/C21H29NO4/c1-21(2,3)17-13-16(23-4)7-9-18(17)25-10-11-26-19-8-6-15(14-22)12-20(19)24-5/h6-9,12-13H,10-11,14,22H2,1-5H3. The Hall–Kier alpha value is -2.40. The lowest BCUT2D eigenvalue weighted by Gasteiger charge is -2.23. The van der Waals surface area contributed by atoms with Crippen molar-refractivity contribution in [1.82, 2.24) is 0 Å². The van der Waals surface area contributed by atoms with Crippen molar-refractivity contribution in [1.29, 1.82) is 0 Å². The van der Waals surface area contributed by atoms with Crippen molar-refractivity contribution in [2.45, 2.75) is 32.7 Å². The Kier molecular flexibility index (Phi) is 6.75. The molecule has 0 amide bonds. The lowest BCUT2D eigenvalue weighted by Crippen LogP contribution is -2.16. The molecule has 0 aliphatic carbocycles. The van der Waals surface area contributed by atoms with Gasteiger partial charge in [0.1, 0.15) is 24.7 Å². The first-order chi connectivity index (χ1) is 12.4. The molecule has 0 saturated heterocycles. The van der Waals surface area contributed by atoms with E-state index in [4.69, 9.17) is 24.7 Å². The maximum absolute atomic E-state index is 5.96. The van der Waals surface area contributed by atoms with Gasteiger partial charge < -0.3 is 24.7 Å². The zero-order chi connectivity index (χ0) is 19.2. The first-order valence-electron chi connectivity index (χ1n) is 8.70. The van der Waals surface area contributed by atoms with Crippen molar-refractivity contribution in [3.63, 3.8) is 0 Å². The van der Waals surface area contributed by atoms with Gasteiger partial charge in [-0.3, -0.25) is 0 Å². The Morgan fingerprint density at radius 3 is 2.04 bits per heavy atom. The molecule has 0 atom stereocenters. The van der Waals surface area contributed by atoms with Gasteiger partial charge in [0.2, 0.25) is 0 Å². The van der Waals surface area contributed by atoms with E-state index in [-0.39, 0.29) is 5.41 Å². The van der Waals surface area contributed by atoms with E-state index in [9.17, 15) is 0 Å². The van der Waals surface area contributed by atoms with Crippen molar-refractivity contribution in [3.05, 3.63) is 47.5 Å². The number of methoxy groups -OCH3 is 2. The van der Waals surface area contributed by atoms with Crippen LogP contribution in [0.25, 0.3) is 0 Å². The van der Waals surface area contributed by atoms with Crippen LogP contribution < -0.4 is 24.7 Å². The number of nitrogens with two attached hydrogens (primary N) is 1. The van der Waals surface area contributed by atoms with Gasteiger partial charge in [0.15, 0.2) is 11.5 Å². The Labute approximate surface area is 156 Å². The topological polar surface area (TPSA) is 62.9 Å². The van der Waals surface area contributed by atoms with Gasteiger partial charge in [0.25, 0.3) is 0 Å². The first-order valence-corrected chi connectivity index (χ1v) is 8.70. The van der Waals surface area contributed by atoms with Crippen LogP contribution in [0, 0.1) is 0 Å². The molecular weight excluding hydrogens is 330 g/mol. The summed E-state index contributed by atoms with van der Waals surface area (Å²) < 4.78 is 22.5. The SMILES string of the molecule is COc1ccc(OCCOc2ccc(CN)cc2OC)c(C(C)(C)C)c1. The summed E-state index contributed by atoms with van der Waals surface area (Å²) in [6.07, 6.45) is 0. The molecule has 2 N–H and O–H groups in total. The minimum Gasteiger partial charge on any atom is -0.497 e. The molecule has 2 aromatic carbocycles. The van der Waals surface area contributed by atoms with Crippen molar-refractivity contribution >= 4 is 0 Å². The summed E-state index contributed by atoms with van der Waals surface area (Å²) in [6, 6.07) is 11.5. The largest absolute Gasteiger partial charge is 0.497 e. The van der Waals surface area contributed by atoms with Gasteiger partial charge in [0.05, 0.1) is 14.2 Å². The van der Waals surface area contributed by atoms with Crippen molar-refractivity contribution in [3.8, 4) is 23.0 Å². The Bertz CT molecular complexity index is 722. The summed E-state index contributed by atoms with van der Waals surface area (Å²) in [5, 5.41) is 0. The van der Waals surface area contributed by atoms with Crippen LogP contribution in [0.3, 0.4) is 0 Å². The average molecular weight is 359 g/mol. The molecule has 2 aromatic rings. The highest BCUT2D eigenvalue weighted by atomic mass is 16.5. The molecule has 0 radical (unpaired) electrons. The van der Waals surface area contributed by atoms with Gasteiger partial charge in [-0.15, -0.1) is 0 Å². The predicted octanol–water partition coefficient (Wildman–Crippen LogP) is 3.92. The molecule has 0 bridgehead atoms. The van der Waals surface area contributed by atoms with Crippen LogP contribution in [-0.2, 0) is 12.0 Å². The summed E-state index contributed by atoms with van der Waals surface area (Å²) in [6.45, 7) is 7.75. The zero-order valence-electron chi connectivity index (χ0n) is 16.3. The molecule has 0 aromatic heterocycles. The van der Waals surface area contributed by atoms with Crippen LogP contribution in [0.15, 0.2) is 36.4 Å². The highest BCUT2D eigenvalue weighted by molar-refractivity contribution is 5.44. The number of benzene rings is 2. The second-order valence-corrected chi connectivity index (χ2v) is 7.00. The van der Waals surface area contributed by atoms with E-state index in [0.717, 1.165) is 22.6 Å². The molecule has 0 heterocycles. The van der Waals surface area contributed by atoms with E-state index in [2.05, 4.69) is 20.8 Å². The highest BCUT2D eigenvalue weighted by Crippen LogP contribution is 2.34. The summed E-state index contributed by atoms with van der Waals surface area (Å²) in [5.41, 5.74) is 7.70. The average Bonchev–Trinajstić information content (AvgIpc) is 2.64. The fourth-order valence-electron chi connectivity index (χ4n) is 2.61. The summed E-state index contributed by atoms with van der Waals surface area (Å²) >= 11 is 0. The van der Waals surface area contributed by atoms with Crippen molar-refractivity contribution < 1.29 is 18.9 Å². The lowest BCUT2D eigenvalue weighted by molar-refractivity contribution is 0.208. The van der Waals surface area contributed by atoms with Crippen molar-refractivity contribution in [2.24, 2.45) is 5.73 Å². The third-order valence-electron chi connectivity index (χ3n) is 4.06. The maximum atomic E-state index is 5.96. The fraction of sp³-hybridized carbons (Fsp3) is 0.429. The smallest absolute Gasteiger partial charge is 0.161 e. The third kappa shape index (κ3) is 5.05. The Balaban J connectivity index is 2.00. The number of ether oxygens (including phenoxy) is 4. The van der Waals surface area contributed by atoms with Crippen LogP contribution in [0.4, 0.5) is 0 Å². The minimum absolute atomic E-state index is 0.0496. The monoisotopic (exact) mass is 359 g/mol. The first kappa shape index (κ1) is 19.9. The summed E-state index contributed by atoms with van der Waals surface area (Å²) in [7, 11) is 3.28. The predicted molar refractivity (Wildman–Crippen MR) is 104 cm³/mol. The lowest BCUT2D eigenvalue weighted by atomic mass is 9.86. The molecule has 142 valence electrons. The van der Waals surface area contributed by atoms with Gasteiger partial charge in [-0.1, -0.05) is 26.8 Å². The normalized spacial score (nSPS) is 11.2. The Morgan fingerprint density at radius 2 is 1.46 bits per heavy atom. The van der Waals surface area contributed by atoms with Gasteiger partial charge in [-0.2, -0.15) is 0 Å². The van der Waals surface area contributed by atoms with Crippen LogP contribution in [0.5, 0.6) is 23.0 Å². The number of rotatable bonds is 8. The molecular formula is C21H29NO4. The molecule has 0 unspecified atom stereocenters. The van der Waals surface area contributed by atoms with E-state index in [1.54, 1.807) is 14.2 Å². The quantitative estimate of drug-likeness (QED) is 0.724. The molecule has 0 aliphatic rings. The number of hydrogen-bond donors (Lipinski definition) is 1. The van der Waals surface area contributed by atoms with Gasteiger partial charge in [0, 0.05) is 12.1 Å². The van der Waals surface area contributed by atoms with Crippen LogP contribution in [0.1, 0.15) is 31.9 Å².